The van der Waals surface area contributed by atoms with Crippen molar-refractivity contribution in [2.75, 3.05) is 18.4 Å². The molecule has 4 rings (SSSR count). The van der Waals surface area contributed by atoms with Crippen molar-refractivity contribution in [3.63, 3.8) is 0 Å². The number of nitrogens with one attached hydrogen (secondary N) is 1. The van der Waals surface area contributed by atoms with Crippen molar-refractivity contribution in [1.29, 1.82) is 0 Å². The highest BCUT2D eigenvalue weighted by atomic mass is 32.2. The van der Waals surface area contributed by atoms with Gasteiger partial charge in [0.2, 0.25) is 10.0 Å². The zero-order chi connectivity index (χ0) is 22.4. The lowest BCUT2D eigenvalue weighted by molar-refractivity contribution is 0.102. The summed E-state index contributed by atoms with van der Waals surface area (Å²) in [6, 6.07) is 6.03. The zero-order valence-corrected chi connectivity index (χ0v) is 19.7. The zero-order valence-electron chi connectivity index (χ0n) is 18.1. The molecule has 2 aromatic rings. The van der Waals surface area contributed by atoms with Crippen LogP contribution in [-0.2, 0) is 37.9 Å². The number of carbonyl (C=O) groups excluding carboxylic acids is 1. The van der Waals surface area contributed by atoms with Crippen LogP contribution in [0.2, 0.25) is 0 Å². The van der Waals surface area contributed by atoms with Crippen LogP contribution in [0.5, 0.6) is 0 Å². The van der Waals surface area contributed by atoms with Crippen molar-refractivity contribution >= 4 is 32.5 Å². The summed E-state index contributed by atoms with van der Waals surface area (Å²) in [6.45, 7) is 7.04. The summed E-state index contributed by atoms with van der Waals surface area (Å²) in [7, 11) is -4.55. The minimum atomic E-state index is -3.54. The maximum absolute atomic E-state index is 12.9. The van der Waals surface area contributed by atoms with Crippen molar-refractivity contribution in [2.45, 2.75) is 62.0 Å². The Hall–Kier alpha value is -2.04. The Morgan fingerprint density at radius 2 is 1.71 bits per heavy atom. The summed E-state index contributed by atoms with van der Waals surface area (Å²) in [6.07, 6.45) is 2.79. The average Bonchev–Trinajstić information content (AvgIpc) is 3.25. The number of hydrogen-bond acceptors (Lipinski definition) is 5. The summed E-state index contributed by atoms with van der Waals surface area (Å²) < 4.78 is 40.9. The van der Waals surface area contributed by atoms with Gasteiger partial charge in [0.25, 0.3) is 5.91 Å². The molecular weight excluding hydrogens is 436 g/mol. The Kier molecular flexibility index (Phi) is 5.82. The molecule has 31 heavy (non-hydrogen) atoms. The lowest BCUT2D eigenvalue weighted by Crippen LogP contribution is -2.35. The fourth-order valence-electron chi connectivity index (χ4n) is 3.95. The minimum Gasteiger partial charge on any atom is -0.306 e. The second-order valence-electron chi connectivity index (χ2n) is 9.03. The number of benzene rings is 1. The van der Waals surface area contributed by atoms with Crippen molar-refractivity contribution in [1.82, 2.24) is 14.1 Å². The Morgan fingerprint density at radius 1 is 1.06 bits per heavy atom. The predicted octanol–water partition coefficient (Wildman–Crippen LogP) is 2.83. The highest BCUT2D eigenvalue weighted by molar-refractivity contribution is 7.89. The summed E-state index contributed by atoms with van der Waals surface area (Å²) in [4.78, 5) is 13.1. The standard InChI is InChI=1S/C21H28N4O4S2/c1-21(2,3)25-19(17-13-30(27)14-18(17)23-25)22-20(26)15-7-9-16(10-8-15)31(28,29)24-11-5-4-6-12-24/h7-10H,4-6,11-14H2,1-3H3,(H,22,26)/t30-/m0/s1. The Morgan fingerprint density at radius 3 is 2.32 bits per heavy atom. The van der Waals surface area contributed by atoms with E-state index in [-0.39, 0.29) is 16.3 Å². The fourth-order valence-corrected chi connectivity index (χ4v) is 6.74. The third-order valence-corrected chi connectivity index (χ3v) is 8.73. The molecule has 0 radical (unpaired) electrons. The first-order valence-electron chi connectivity index (χ1n) is 10.4. The van der Waals surface area contributed by atoms with Crippen molar-refractivity contribution < 1.29 is 17.4 Å². The second-order valence-corrected chi connectivity index (χ2v) is 12.4. The maximum Gasteiger partial charge on any atom is 0.256 e. The van der Waals surface area contributed by atoms with Gasteiger partial charge in [-0.05, 0) is 57.9 Å². The largest absolute Gasteiger partial charge is 0.306 e. The van der Waals surface area contributed by atoms with E-state index in [4.69, 9.17) is 0 Å². The first kappa shape index (κ1) is 22.2. The van der Waals surface area contributed by atoms with Crippen molar-refractivity contribution in [3.8, 4) is 0 Å². The van der Waals surface area contributed by atoms with E-state index in [1.165, 1.54) is 28.6 Å². The van der Waals surface area contributed by atoms with Gasteiger partial charge >= 0.3 is 0 Å². The highest BCUT2D eigenvalue weighted by Gasteiger charge is 2.32. The third-order valence-electron chi connectivity index (χ3n) is 5.61. The first-order valence-corrected chi connectivity index (χ1v) is 13.4. The average molecular weight is 465 g/mol. The van der Waals surface area contributed by atoms with E-state index in [0.717, 1.165) is 30.5 Å². The fraction of sp³-hybridized carbons (Fsp3) is 0.524. The third kappa shape index (κ3) is 4.33. The quantitative estimate of drug-likeness (QED) is 0.750. The second kappa shape index (κ2) is 8.14. The van der Waals surface area contributed by atoms with Crippen LogP contribution in [0, 0.1) is 0 Å². The van der Waals surface area contributed by atoms with Gasteiger partial charge in [-0.2, -0.15) is 9.40 Å². The lowest BCUT2D eigenvalue weighted by Gasteiger charge is -2.26. The molecule has 2 aliphatic heterocycles. The van der Waals surface area contributed by atoms with E-state index in [9.17, 15) is 17.4 Å². The molecule has 168 valence electrons. The molecule has 0 saturated carbocycles. The maximum atomic E-state index is 12.9. The molecule has 1 atom stereocenters. The van der Waals surface area contributed by atoms with Crippen LogP contribution in [-0.4, -0.2) is 45.7 Å². The number of carbonyl (C=O) groups is 1. The normalized spacial score (nSPS) is 19.9. The van der Waals surface area contributed by atoms with Crippen LogP contribution in [0.4, 0.5) is 5.82 Å². The van der Waals surface area contributed by atoms with Crippen LogP contribution in [0.15, 0.2) is 29.2 Å². The van der Waals surface area contributed by atoms with Gasteiger partial charge in [0.1, 0.15) is 5.82 Å². The predicted molar refractivity (Wildman–Crippen MR) is 120 cm³/mol. The van der Waals surface area contributed by atoms with Crippen LogP contribution < -0.4 is 5.32 Å². The van der Waals surface area contributed by atoms with Crippen molar-refractivity contribution in [2.24, 2.45) is 0 Å². The lowest BCUT2D eigenvalue weighted by atomic mass is 10.1. The number of amides is 1. The van der Waals surface area contributed by atoms with Crippen LogP contribution in [0.3, 0.4) is 0 Å². The van der Waals surface area contributed by atoms with Gasteiger partial charge in [-0.25, -0.2) is 13.1 Å². The Labute approximate surface area is 185 Å². The Balaban J connectivity index is 1.57. The van der Waals surface area contributed by atoms with Gasteiger partial charge < -0.3 is 5.32 Å². The van der Waals surface area contributed by atoms with E-state index < -0.39 is 20.8 Å². The van der Waals surface area contributed by atoms with Gasteiger partial charge in [-0.15, -0.1) is 0 Å². The van der Waals surface area contributed by atoms with Gasteiger partial charge in [0, 0.05) is 35.0 Å². The molecule has 10 heteroatoms. The van der Waals surface area contributed by atoms with Crippen LogP contribution in [0.25, 0.3) is 0 Å². The molecule has 3 heterocycles. The van der Waals surface area contributed by atoms with E-state index in [0.29, 0.717) is 36.0 Å². The molecule has 1 N–H and O–H groups in total. The molecular formula is C21H28N4O4S2. The molecule has 0 spiro atoms. The molecule has 0 unspecified atom stereocenters. The number of fused-ring (bicyclic) bond motifs is 1. The number of sulfonamides is 1. The number of rotatable bonds is 4. The monoisotopic (exact) mass is 464 g/mol. The molecule has 1 amide bonds. The van der Waals surface area contributed by atoms with Gasteiger partial charge in [0.05, 0.1) is 27.6 Å². The molecule has 1 aromatic heterocycles. The minimum absolute atomic E-state index is 0.196. The van der Waals surface area contributed by atoms with Crippen LogP contribution in [0.1, 0.15) is 61.6 Å². The highest BCUT2D eigenvalue weighted by Crippen LogP contribution is 2.33. The smallest absolute Gasteiger partial charge is 0.256 e. The molecule has 2 aliphatic rings. The van der Waals surface area contributed by atoms with Gasteiger partial charge in [0.15, 0.2) is 0 Å². The van der Waals surface area contributed by atoms with E-state index in [1.807, 2.05) is 20.8 Å². The molecule has 1 saturated heterocycles. The van der Waals surface area contributed by atoms with Crippen molar-refractivity contribution in [3.05, 3.63) is 41.1 Å². The summed E-state index contributed by atoms with van der Waals surface area (Å²) >= 11 is 0. The summed E-state index contributed by atoms with van der Waals surface area (Å²) in [5.74, 6) is 0.967. The van der Waals surface area contributed by atoms with Gasteiger partial charge in [-0.1, -0.05) is 6.42 Å². The van der Waals surface area contributed by atoms with Gasteiger partial charge in [-0.3, -0.25) is 9.00 Å². The first-order chi connectivity index (χ1) is 14.6. The molecule has 1 aromatic carbocycles. The molecule has 1 fully saturated rings. The Bertz CT molecular complexity index is 1130. The number of anilines is 1. The molecule has 0 bridgehead atoms. The number of piperidine rings is 1. The molecule has 0 aliphatic carbocycles. The number of hydrogen-bond donors (Lipinski definition) is 1. The van der Waals surface area contributed by atoms with E-state index in [1.54, 1.807) is 4.68 Å². The van der Waals surface area contributed by atoms with E-state index in [2.05, 4.69) is 10.4 Å². The SMILES string of the molecule is CC(C)(C)n1nc2c(c1NC(=O)c1ccc(S(=O)(=O)N3CCCCC3)cc1)C[S@](=O)C2. The van der Waals surface area contributed by atoms with Crippen LogP contribution >= 0.6 is 0 Å². The number of aromatic nitrogens is 2. The summed E-state index contributed by atoms with van der Waals surface area (Å²) in [5.41, 5.74) is 1.56. The van der Waals surface area contributed by atoms with E-state index >= 15 is 0 Å². The summed E-state index contributed by atoms with van der Waals surface area (Å²) in [5, 5.41) is 7.50. The molecule has 8 nitrogen and oxygen atoms in total. The topological polar surface area (TPSA) is 101 Å². The number of nitrogens with zero attached hydrogens (tertiary/aromatic N) is 3.